The van der Waals surface area contributed by atoms with E-state index in [4.69, 9.17) is 23.2 Å². The van der Waals surface area contributed by atoms with Crippen molar-refractivity contribution in [3.05, 3.63) is 142 Å². The van der Waals surface area contributed by atoms with Gasteiger partial charge in [0.1, 0.15) is 5.70 Å². The number of para-hydroxylation sites is 1. The third kappa shape index (κ3) is 7.89. The van der Waals surface area contributed by atoms with E-state index < -0.39 is 11.8 Å². The van der Waals surface area contributed by atoms with Crippen LogP contribution in [0.5, 0.6) is 0 Å². The van der Waals surface area contributed by atoms with E-state index in [0.29, 0.717) is 33.3 Å². The Morgan fingerprint density at radius 3 is 2.26 bits per heavy atom. The minimum absolute atomic E-state index is 0.00836. The standard InChI is InChI=1S/C40H34Cl2N4O3S/c1-3-37(40(49)44-29-19-20-36-32(24-29)31-15-8-9-16-35(31)46(36)4-2)50-30-14-10-13-28(23-30)43-39(48)34(21-26-17-18-27(41)22-33(26)42)45-38(47)25-11-6-5-7-12-25/h5-24,37H,3-4H2,1-2H3,(H,43,48)(H,44,49)(H,45,47)/b34-21+. The molecular weight excluding hydrogens is 687 g/mol. The van der Waals surface area contributed by atoms with Gasteiger partial charge in [-0.2, -0.15) is 0 Å². The SMILES string of the molecule is CCC(Sc1cccc(NC(=O)/C(=C\c2ccc(Cl)cc2Cl)NC(=O)c2ccccc2)c1)C(=O)Nc1ccc2c(c1)c1ccccc1n2CC. The summed E-state index contributed by atoms with van der Waals surface area (Å²) in [5, 5.41) is 11.3. The molecular formula is C40H34Cl2N4O3S. The number of carbonyl (C=O) groups is 3. The Morgan fingerprint density at radius 1 is 0.760 bits per heavy atom. The number of anilines is 2. The highest BCUT2D eigenvalue weighted by Crippen LogP contribution is 2.33. The Morgan fingerprint density at radius 2 is 1.50 bits per heavy atom. The summed E-state index contributed by atoms with van der Waals surface area (Å²) in [6.07, 6.45) is 2.09. The average Bonchev–Trinajstić information content (AvgIpc) is 3.44. The first-order chi connectivity index (χ1) is 24.2. The third-order valence-electron chi connectivity index (χ3n) is 8.18. The fraction of sp³-hybridized carbons (Fsp3) is 0.125. The van der Waals surface area contributed by atoms with Gasteiger partial charge >= 0.3 is 0 Å². The maximum atomic E-state index is 13.6. The lowest BCUT2D eigenvalue weighted by Crippen LogP contribution is -2.30. The van der Waals surface area contributed by atoms with Gasteiger partial charge in [-0.15, -0.1) is 11.8 Å². The molecule has 0 bridgehead atoms. The first-order valence-corrected chi connectivity index (χ1v) is 17.8. The normalized spacial score (nSPS) is 12.1. The number of fused-ring (bicyclic) bond motifs is 3. The number of hydrogen-bond acceptors (Lipinski definition) is 4. The number of amides is 3. The van der Waals surface area contributed by atoms with Gasteiger partial charge < -0.3 is 20.5 Å². The Labute approximate surface area is 304 Å². The molecule has 6 aromatic rings. The van der Waals surface area contributed by atoms with Gasteiger partial charge in [0.2, 0.25) is 5.91 Å². The molecule has 3 N–H and O–H groups in total. The van der Waals surface area contributed by atoms with Gasteiger partial charge in [0, 0.05) is 60.2 Å². The molecule has 50 heavy (non-hydrogen) atoms. The largest absolute Gasteiger partial charge is 0.341 e. The molecule has 1 heterocycles. The van der Waals surface area contributed by atoms with Crippen molar-refractivity contribution in [1.82, 2.24) is 9.88 Å². The summed E-state index contributed by atoms with van der Waals surface area (Å²) < 4.78 is 2.27. The second-order valence-electron chi connectivity index (χ2n) is 11.5. The molecule has 1 atom stereocenters. The van der Waals surface area contributed by atoms with Crippen molar-refractivity contribution in [2.24, 2.45) is 0 Å². The van der Waals surface area contributed by atoms with Crippen LogP contribution in [0.15, 0.2) is 126 Å². The van der Waals surface area contributed by atoms with E-state index in [-0.39, 0.29) is 16.9 Å². The lowest BCUT2D eigenvalue weighted by molar-refractivity contribution is -0.116. The number of hydrogen-bond donors (Lipinski definition) is 3. The minimum atomic E-state index is -0.549. The number of benzene rings is 5. The van der Waals surface area contributed by atoms with Gasteiger partial charge in [-0.3, -0.25) is 14.4 Å². The summed E-state index contributed by atoms with van der Waals surface area (Å²) in [5.41, 5.74) is 4.41. The maximum absolute atomic E-state index is 13.6. The molecule has 0 fully saturated rings. The number of carbonyl (C=O) groups excluding carboxylic acids is 3. The topological polar surface area (TPSA) is 92.2 Å². The first kappa shape index (κ1) is 34.8. The first-order valence-electron chi connectivity index (χ1n) is 16.2. The molecule has 10 heteroatoms. The number of thioether (sulfide) groups is 1. The summed E-state index contributed by atoms with van der Waals surface area (Å²) in [6, 6.07) is 35.1. The van der Waals surface area contributed by atoms with Crippen molar-refractivity contribution in [2.75, 3.05) is 10.6 Å². The molecule has 5 aromatic carbocycles. The lowest BCUT2D eigenvalue weighted by atomic mass is 10.1. The fourth-order valence-electron chi connectivity index (χ4n) is 5.74. The van der Waals surface area contributed by atoms with E-state index in [0.717, 1.165) is 38.9 Å². The molecule has 6 rings (SSSR count). The molecule has 0 spiro atoms. The smallest absolute Gasteiger partial charge is 0.272 e. The van der Waals surface area contributed by atoms with E-state index >= 15 is 0 Å². The van der Waals surface area contributed by atoms with Crippen LogP contribution in [-0.2, 0) is 16.1 Å². The zero-order valence-electron chi connectivity index (χ0n) is 27.4. The van der Waals surface area contributed by atoms with Crippen LogP contribution in [0.25, 0.3) is 27.9 Å². The van der Waals surface area contributed by atoms with Crippen LogP contribution in [-0.4, -0.2) is 27.5 Å². The van der Waals surface area contributed by atoms with Crippen LogP contribution in [0, 0.1) is 0 Å². The summed E-state index contributed by atoms with van der Waals surface area (Å²) in [7, 11) is 0. The highest BCUT2D eigenvalue weighted by molar-refractivity contribution is 8.00. The van der Waals surface area contributed by atoms with Gasteiger partial charge in [-0.1, -0.05) is 78.7 Å². The highest BCUT2D eigenvalue weighted by Gasteiger charge is 2.20. The van der Waals surface area contributed by atoms with Gasteiger partial charge in [0.25, 0.3) is 11.8 Å². The third-order valence-corrected chi connectivity index (χ3v) is 10.1. The summed E-state index contributed by atoms with van der Waals surface area (Å²) in [6.45, 7) is 4.94. The van der Waals surface area contributed by atoms with E-state index in [2.05, 4.69) is 45.6 Å². The predicted molar refractivity (Wildman–Crippen MR) is 207 cm³/mol. The van der Waals surface area contributed by atoms with Crippen molar-refractivity contribution in [3.8, 4) is 0 Å². The van der Waals surface area contributed by atoms with E-state index in [1.54, 1.807) is 60.7 Å². The number of nitrogens with one attached hydrogen (secondary N) is 3. The van der Waals surface area contributed by atoms with E-state index in [1.807, 2.05) is 43.3 Å². The van der Waals surface area contributed by atoms with E-state index in [9.17, 15) is 14.4 Å². The molecule has 0 aliphatic rings. The number of aromatic nitrogens is 1. The van der Waals surface area contributed by atoms with Crippen LogP contribution in [0.2, 0.25) is 10.0 Å². The number of halogens is 2. The quantitative estimate of drug-likeness (QED) is 0.0918. The molecule has 0 saturated heterocycles. The van der Waals surface area contributed by atoms with Crippen LogP contribution in [0.1, 0.15) is 36.2 Å². The molecule has 1 unspecified atom stereocenters. The fourth-order valence-corrected chi connectivity index (χ4v) is 7.22. The van der Waals surface area contributed by atoms with Crippen molar-refractivity contribution >= 4 is 91.9 Å². The van der Waals surface area contributed by atoms with Gasteiger partial charge in [-0.05, 0) is 91.7 Å². The highest BCUT2D eigenvalue weighted by atomic mass is 35.5. The summed E-state index contributed by atoms with van der Waals surface area (Å²) >= 11 is 13.9. The molecule has 3 amide bonds. The molecule has 0 aliphatic heterocycles. The molecule has 252 valence electrons. The molecule has 0 aliphatic carbocycles. The number of rotatable bonds is 11. The zero-order valence-corrected chi connectivity index (χ0v) is 29.7. The summed E-state index contributed by atoms with van der Waals surface area (Å²) in [4.78, 5) is 41.0. The molecule has 7 nitrogen and oxygen atoms in total. The summed E-state index contributed by atoms with van der Waals surface area (Å²) in [5.74, 6) is -1.11. The van der Waals surface area contributed by atoms with Crippen LogP contribution < -0.4 is 16.0 Å². The molecule has 0 saturated carbocycles. The van der Waals surface area contributed by atoms with Crippen molar-refractivity contribution in [1.29, 1.82) is 0 Å². The van der Waals surface area contributed by atoms with Crippen molar-refractivity contribution in [3.63, 3.8) is 0 Å². The second-order valence-corrected chi connectivity index (χ2v) is 13.6. The molecule has 0 radical (unpaired) electrons. The Balaban J connectivity index is 1.18. The predicted octanol–water partition coefficient (Wildman–Crippen LogP) is 10.0. The Bertz CT molecular complexity index is 2250. The van der Waals surface area contributed by atoms with E-state index in [1.165, 1.54) is 17.8 Å². The zero-order chi connectivity index (χ0) is 35.2. The average molecular weight is 722 g/mol. The molecule has 1 aromatic heterocycles. The Kier molecular flexibility index (Phi) is 10.9. The Hall–Kier alpha value is -5.02. The van der Waals surface area contributed by atoms with Gasteiger partial charge in [0.05, 0.1) is 5.25 Å². The van der Waals surface area contributed by atoms with Crippen LogP contribution in [0.4, 0.5) is 11.4 Å². The van der Waals surface area contributed by atoms with Crippen LogP contribution >= 0.6 is 35.0 Å². The number of nitrogens with zero attached hydrogens (tertiary/aromatic N) is 1. The second kappa shape index (κ2) is 15.7. The minimum Gasteiger partial charge on any atom is -0.341 e. The van der Waals surface area contributed by atoms with Crippen molar-refractivity contribution in [2.45, 2.75) is 37.0 Å². The van der Waals surface area contributed by atoms with Gasteiger partial charge in [-0.25, -0.2) is 0 Å². The van der Waals surface area contributed by atoms with Crippen LogP contribution in [0.3, 0.4) is 0 Å². The maximum Gasteiger partial charge on any atom is 0.272 e. The monoisotopic (exact) mass is 720 g/mol. The van der Waals surface area contributed by atoms with Crippen molar-refractivity contribution < 1.29 is 14.4 Å². The van der Waals surface area contributed by atoms with Gasteiger partial charge in [0.15, 0.2) is 0 Å². The lowest BCUT2D eigenvalue weighted by Gasteiger charge is -2.16. The number of aryl methyl sites for hydroxylation is 1.